The molecule has 2 aromatic carbocycles. The van der Waals surface area contributed by atoms with Gasteiger partial charge in [0.1, 0.15) is 12.4 Å². The summed E-state index contributed by atoms with van der Waals surface area (Å²) in [6.07, 6.45) is 1.79. The topological polar surface area (TPSA) is 51.1 Å². The Balaban J connectivity index is 1.84. The summed E-state index contributed by atoms with van der Waals surface area (Å²) in [4.78, 5) is 18.5. The number of carbonyl (C=O) groups is 1. The Bertz CT molecular complexity index is 961. The van der Waals surface area contributed by atoms with Crippen LogP contribution in [0.1, 0.15) is 11.1 Å². The Kier molecular flexibility index (Phi) is 6.41. The van der Waals surface area contributed by atoms with E-state index in [-0.39, 0.29) is 18.3 Å². The van der Waals surface area contributed by atoms with Gasteiger partial charge in [0.15, 0.2) is 16.7 Å². The van der Waals surface area contributed by atoms with E-state index in [4.69, 9.17) is 9.47 Å². The molecule has 0 aliphatic carbocycles. The third kappa shape index (κ3) is 4.39. The second-order valence-corrected chi connectivity index (χ2v) is 7.78. The number of halogens is 2. The number of benzene rings is 2. The van der Waals surface area contributed by atoms with Gasteiger partial charge in [0.05, 0.1) is 12.0 Å². The molecule has 146 valence electrons. The first-order chi connectivity index (χ1) is 13.4. The number of thioether (sulfide) groups is 1. The van der Waals surface area contributed by atoms with Crippen molar-refractivity contribution < 1.29 is 18.7 Å². The summed E-state index contributed by atoms with van der Waals surface area (Å²) in [6, 6.07) is 9.71. The van der Waals surface area contributed by atoms with Crippen molar-refractivity contribution in [3.63, 3.8) is 0 Å². The van der Waals surface area contributed by atoms with Crippen LogP contribution in [0.4, 0.5) is 4.39 Å². The first-order valence-corrected chi connectivity index (χ1v) is 9.93. The number of nitrogens with zero attached hydrogens (tertiary/aromatic N) is 2. The number of amides is 1. The van der Waals surface area contributed by atoms with E-state index in [9.17, 15) is 9.18 Å². The molecule has 1 saturated heterocycles. The third-order valence-electron chi connectivity index (χ3n) is 4.07. The van der Waals surface area contributed by atoms with Crippen molar-refractivity contribution in [2.75, 3.05) is 21.2 Å². The van der Waals surface area contributed by atoms with Gasteiger partial charge in [-0.1, -0.05) is 28.1 Å². The number of hydrogen-bond acceptors (Lipinski definition) is 5. The second-order valence-electron chi connectivity index (χ2n) is 5.92. The van der Waals surface area contributed by atoms with E-state index >= 15 is 0 Å². The molecule has 0 bridgehead atoms. The number of likely N-dealkylation sites (N-methyl/N-ethyl adjacent to an activating group) is 1. The highest BCUT2D eigenvalue weighted by molar-refractivity contribution is 9.10. The monoisotopic (exact) mass is 464 g/mol. The van der Waals surface area contributed by atoms with Gasteiger partial charge in [-0.05, 0) is 53.2 Å². The van der Waals surface area contributed by atoms with Crippen molar-refractivity contribution in [2.45, 2.75) is 6.61 Å². The molecule has 0 N–H and O–H groups in total. The minimum atomic E-state index is -0.289. The zero-order valence-electron chi connectivity index (χ0n) is 15.5. The van der Waals surface area contributed by atoms with E-state index in [1.165, 1.54) is 28.8 Å². The molecule has 28 heavy (non-hydrogen) atoms. The highest BCUT2D eigenvalue weighted by Gasteiger charge is 2.30. The van der Waals surface area contributed by atoms with Crippen LogP contribution in [0.25, 0.3) is 6.08 Å². The van der Waals surface area contributed by atoms with Crippen molar-refractivity contribution >= 4 is 44.8 Å². The van der Waals surface area contributed by atoms with Crippen LogP contribution in [0, 0.1) is 5.82 Å². The van der Waals surface area contributed by atoms with Gasteiger partial charge in [-0.15, -0.1) is 0 Å². The molecule has 8 heteroatoms. The summed E-state index contributed by atoms with van der Waals surface area (Å²) >= 11 is 4.85. The van der Waals surface area contributed by atoms with Crippen LogP contribution in [0.15, 0.2) is 50.8 Å². The maximum Gasteiger partial charge on any atom is 0.266 e. The van der Waals surface area contributed by atoms with Crippen LogP contribution in [-0.4, -0.2) is 37.2 Å². The fourth-order valence-electron chi connectivity index (χ4n) is 2.57. The molecule has 3 rings (SSSR count). The fraction of sp³-hybridized carbons (Fsp3) is 0.200. The summed E-state index contributed by atoms with van der Waals surface area (Å²) in [6.45, 7) is 0.277. The molecular formula is C20H18BrFN2O3S. The fourth-order valence-corrected chi connectivity index (χ4v) is 3.92. The number of ether oxygens (including phenoxy) is 2. The van der Waals surface area contributed by atoms with Crippen LogP contribution >= 0.6 is 27.7 Å². The predicted molar refractivity (Wildman–Crippen MR) is 113 cm³/mol. The van der Waals surface area contributed by atoms with Crippen LogP contribution in [0.2, 0.25) is 0 Å². The summed E-state index contributed by atoms with van der Waals surface area (Å²) in [5.41, 5.74) is 1.63. The molecule has 0 spiro atoms. The summed E-state index contributed by atoms with van der Waals surface area (Å²) < 4.78 is 25.1. The lowest BCUT2D eigenvalue weighted by Gasteiger charge is -2.13. The smallest absolute Gasteiger partial charge is 0.266 e. The number of hydrogen-bond donors (Lipinski definition) is 0. The molecule has 1 aliphatic heterocycles. The molecule has 1 fully saturated rings. The van der Waals surface area contributed by atoms with Crippen molar-refractivity contribution in [1.29, 1.82) is 0 Å². The van der Waals surface area contributed by atoms with Crippen molar-refractivity contribution in [1.82, 2.24) is 4.90 Å². The lowest BCUT2D eigenvalue weighted by Crippen LogP contribution is -2.23. The van der Waals surface area contributed by atoms with Gasteiger partial charge >= 0.3 is 0 Å². The molecule has 0 aromatic heterocycles. The highest BCUT2D eigenvalue weighted by atomic mass is 79.9. The Hall–Kier alpha value is -2.32. The normalized spacial score (nSPS) is 16.9. The standard InChI is InChI=1S/C20H18BrFN2O3S/c1-23-20-24(2)19(25)18(28-20)9-13-8-16(26-3)17(10-15(13)21)27-11-12-4-6-14(22)7-5-12/h4-10H,11H2,1-3H3/b18-9-,23-20?. The quantitative estimate of drug-likeness (QED) is 0.601. The summed E-state index contributed by atoms with van der Waals surface area (Å²) in [5, 5.41) is 0.651. The molecule has 0 saturated carbocycles. The number of amidine groups is 1. The van der Waals surface area contributed by atoms with Gasteiger partial charge in [0, 0.05) is 18.6 Å². The lowest BCUT2D eigenvalue weighted by atomic mass is 10.1. The Morgan fingerprint density at radius 2 is 1.96 bits per heavy atom. The third-order valence-corrected chi connectivity index (χ3v) is 5.91. The van der Waals surface area contributed by atoms with Crippen LogP contribution in [0.3, 0.4) is 0 Å². The predicted octanol–water partition coefficient (Wildman–Crippen LogP) is 4.71. The molecule has 1 amide bonds. The van der Waals surface area contributed by atoms with Crippen molar-refractivity contribution in [3.05, 3.63) is 62.7 Å². The summed E-state index contributed by atoms with van der Waals surface area (Å²) in [5.74, 6) is 0.681. The average Bonchev–Trinajstić information content (AvgIpc) is 2.97. The largest absolute Gasteiger partial charge is 0.493 e. The van der Waals surface area contributed by atoms with Crippen LogP contribution < -0.4 is 9.47 Å². The molecule has 0 atom stereocenters. The number of rotatable bonds is 5. The van der Waals surface area contributed by atoms with Gasteiger partial charge in [0.2, 0.25) is 0 Å². The summed E-state index contributed by atoms with van der Waals surface area (Å²) in [7, 11) is 4.90. The van der Waals surface area contributed by atoms with E-state index in [1.807, 2.05) is 0 Å². The maximum absolute atomic E-state index is 13.0. The number of carbonyl (C=O) groups excluding carboxylic acids is 1. The van der Waals surface area contributed by atoms with Crippen LogP contribution in [-0.2, 0) is 11.4 Å². The van der Waals surface area contributed by atoms with Crippen molar-refractivity contribution in [2.24, 2.45) is 4.99 Å². The number of aliphatic imine (C=N–C) groups is 1. The Morgan fingerprint density at radius 1 is 1.25 bits per heavy atom. The van der Waals surface area contributed by atoms with E-state index < -0.39 is 0 Å². The van der Waals surface area contributed by atoms with E-state index in [0.29, 0.717) is 21.6 Å². The molecule has 1 aliphatic rings. The highest BCUT2D eigenvalue weighted by Crippen LogP contribution is 2.38. The Morgan fingerprint density at radius 3 is 2.57 bits per heavy atom. The van der Waals surface area contributed by atoms with Gasteiger partial charge in [-0.25, -0.2) is 4.39 Å². The van der Waals surface area contributed by atoms with Gasteiger partial charge < -0.3 is 9.47 Å². The van der Waals surface area contributed by atoms with Gasteiger partial charge in [-0.3, -0.25) is 14.7 Å². The van der Waals surface area contributed by atoms with Crippen LogP contribution in [0.5, 0.6) is 11.5 Å². The van der Waals surface area contributed by atoms with Gasteiger partial charge in [-0.2, -0.15) is 0 Å². The number of methoxy groups -OCH3 is 1. The SMILES string of the molecule is CN=C1S/C(=C\c2cc(OC)c(OCc3ccc(F)cc3)cc2Br)C(=O)N1C. The molecular weight excluding hydrogens is 447 g/mol. The minimum absolute atomic E-state index is 0.104. The first kappa shape index (κ1) is 20.4. The van der Waals surface area contributed by atoms with Gasteiger partial charge in [0.25, 0.3) is 5.91 Å². The molecule has 2 aromatic rings. The molecule has 0 radical (unpaired) electrons. The zero-order chi connectivity index (χ0) is 20.3. The lowest BCUT2D eigenvalue weighted by molar-refractivity contribution is -0.121. The van der Waals surface area contributed by atoms with E-state index in [1.54, 1.807) is 51.5 Å². The molecule has 5 nitrogen and oxygen atoms in total. The minimum Gasteiger partial charge on any atom is -0.493 e. The second kappa shape index (κ2) is 8.79. The zero-order valence-corrected chi connectivity index (χ0v) is 17.9. The maximum atomic E-state index is 13.0. The molecule has 0 unspecified atom stereocenters. The van der Waals surface area contributed by atoms with E-state index in [2.05, 4.69) is 20.9 Å². The molecule has 1 heterocycles. The average molecular weight is 465 g/mol. The van der Waals surface area contributed by atoms with E-state index in [0.717, 1.165) is 15.6 Å². The first-order valence-electron chi connectivity index (χ1n) is 8.32. The van der Waals surface area contributed by atoms with Crippen molar-refractivity contribution in [3.8, 4) is 11.5 Å². The Labute approximate surface area is 175 Å².